The Balaban J connectivity index is 2.16. The van der Waals surface area contributed by atoms with Crippen LogP contribution in [0.5, 0.6) is 0 Å². The average Bonchev–Trinajstić information content (AvgIpc) is 2.13. The summed E-state index contributed by atoms with van der Waals surface area (Å²) in [5.74, 6) is -0.183. The Kier molecular flexibility index (Phi) is 4.07. The van der Waals surface area contributed by atoms with E-state index in [0.29, 0.717) is 12.5 Å². The molecule has 1 aliphatic rings. The maximum absolute atomic E-state index is 11.1. The molecule has 15 heavy (non-hydrogen) atoms. The highest BCUT2D eigenvalue weighted by atomic mass is 16.5. The molecule has 3 N–H and O–H groups in total. The molecule has 88 valence electrons. The predicted octanol–water partition coefficient (Wildman–Crippen LogP) is -0.729. The molecule has 0 radical (unpaired) electrons. The van der Waals surface area contributed by atoms with Crippen molar-refractivity contribution in [3.05, 3.63) is 0 Å². The topological polar surface area (TPSA) is 78.8 Å². The summed E-state index contributed by atoms with van der Waals surface area (Å²) >= 11 is 0. The molecule has 0 amide bonds. The molecule has 0 saturated heterocycles. The van der Waals surface area contributed by atoms with Gasteiger partial charge in [-0.15, -0.1) is 0 Å². The number of esters is 1. The number of ether oxygens (including phenoxy) is 1. The molecule has 1 aliphatic carbocycles. The zero-order valence-corrected chi connectivity index (χ0v) is 9.19. The van der Waals surface area contributed by atoms with Gasteiger partial charge in [-0.1, -0.05) is 0 Å². The molecule has 0 aromatic heterocycles. The maximum atomic E-state index is 11.1. The summed E-state index contributed by atoms with van der Waals surface area (Å²) in [5, 5.41) is 21.7. The van der Waals surface area contributed by atoms with Crippen LogP contribution in [-0.2, 0) is 9.53 Å². The zero-order valence-electron chi connectivity index (χ0n) is 9.19. The van der Waals surface area contributed by atoms with Crippen LogP contribution in [0.15, 0.2) is 0 Å². The summed E-state index contributed by atoms with van der Waals surface area (Å²) in [4.78, 5) is 11.1. The molecule has 1 atom stereocenters. The SMILES string of the molecule is COC(=O)C(C)(O)CNCC1CC(O)C1. The van der Waals surface area contributed by atoms with E-state index in [0.717, 1.165) is 12.8 Å². The molecule has 0 aromatic carbocycles. The number of carbonyl (C=O) groups excluding carboxylic acids is 1. The van der Waals surface area contributed by atoms with Gasteiger partial charge in [-0.2, -0.15) is 0 Å². The van der Waals surface area contributed by atoms with Crippen molar-refractivity contribution >= 4 is 5.97 Å². The van der Waals surface area contributed by atoms with E-state index in [4.69, 9.17) is 5.11 Å². The highest BCUT2D eigenvalue weighted by Crippen LogP contribution is 2.26. The van der Waals surface area contributed by atoms with Crippen molar-refractivity contribution in [3.63, 3.8) is 0 Å². The lowest BCUT2D eigenvalue weighted by atomic mass is 9.82. The van der Waals surface area contributed by atoms with Crippen molar-refractivity contribution in [3.8, 4) is 0 Å². The third kappa shape index (κ3) is 3.44. The fraction of sp³-hybridized carbons (Fsp3) is 0.900. The van der Waals surface area contributed by atoms with Gasteiger partial charge in [-0.05, 0) is 32.2 Å². The van der Waals surface area contributed by atoms with Gasteiger partial charge in [-0.25, -0.2) is 4.79 Å². The smallest absolute Gasteiger partial charge is 0.338 e. The Bertz CT molecular complexity index is 223. The van der Waals surface area contributed by atoms with Gasteiger partial charge in [0.15, 0.2) is 5.60 Å². The molecule has 5 nitrogen and oxygen atoms in total. The number of nitrogens with one attached hydrogen (secondary N) is 1. The average molecular weight is 217 g/mol. The van der Waals surface area contributed by atoms with E-state index in [9.17, 15) is 9.90 Å². The molecule has 1 rings (SSSR count). The molecule has 0 aromatic rings. The number of carbonyl (C=O) groups is 1. The van der Waals surface area contributed by atoms with Gasteiger partial charge in [0.25, 0.3) is 0 Å². The monoisotopic (exact) mass is 217 g/mol. The molecule has 0 aliphatic heterocycles. The molecular formula is C10H19NO4. The first kappa shape index (κ1) is 12.4. The molecule has 5 heteroatoms. The van der Waals surface area contributed by atoms with Crippen molar-refractivity contribution in [2.24, 2.45) is 5.92 Å². The van der Waals surface area contributed by atoms with E-state index in [-0.39, 0.29) is 12.6 Å². The Morgan fingerprint density at radius 2 is 2.20 bits per heavy atom. The number of rotatable bonds is 5. The van der Waals surface area contributed by atoms with Crippen LogP contribution >= 0.6 is 0 Å². The largest absolute Gasteiger partial charge is 0.467 e. The van der Waals surface area contributed by atoms with Crippen molar-refractivity contribution < 1.29 is 19.7 Å². The Labute approximate surface area is 89.4 Å². The van der Waals surface area contributed by atoms with Crippen LogP contribution in [0.25, 0.3) is 0 Å². The second kappa shape index (κ2) is 4.92. The highest BCUT2D eigenvalue weighted by molar-refractivity contribution is 5.78. The van der Waals surface area contributed by atoms with Gasteiger partial charge in [0, 0.05) is 6.54 Å². The van der Waals surface area contributed by atoms with E-state index >= 15 is 0 Å². The van der Waals surface area contributed by atoms with Gasteiger partial charge in [0.2, 0.25) is 0 Å². The first-order valence-corrected chi connectivity index (χ1v) is 5.15. The summed E-state index contributed by atoms with van der Waals surface area (Å²) in [6.07, 6.45) is 1.43. The molecule has 0 spiro atoms. The highest BCUT2D eigenvalue weighted by Gasteiger charge is 2.32. The van der Waals surface area contributed by atoms with E-state index in [2.05, 4.69) is 10.1 Å². The van der Waals surface area contributed by atoms with Crippen molar-refractivity contribution in [1.82, 2.24) is 5.32 Å². The van der Waals surface area contributed by atoms with E-state index < -0.39 is 11.6 Å². The van der Waals surface area contributed by atoms with Crippen LogP contribution in [0.4, 0.5) is 0 Å². The second-order valence-electron chi connectivity index (χ2n) is 4.39. The van der Waals surface area contributed by atoms with Gasteiger partial charge in [-0.3, -0.25) is 0 Å². The fourth-order valence-corrected chi connectivity index (χ4v) is 1.68. The summed E-state index contributed by atoms with van der Waals surface area (Å²) in [6.45, 7) is 2.30. The Morgan fingerprint density at radius 1 is 1.60 bits per heavy atom. The van der Waals surface area contributed by atoms with Gasteiger partial charge < -0.3 is 20.3 Å². The lowest BCUT2D eigenvalue weighted by Crippen LogP contribution is -2.47. The molecule has 1 fully saturated rings. The molecule has 0 bridgehead atoms. The number of methoxy groups -OCH3 is 1. The van der Waals surface area contributed by atoms with Gasteiger partial charge in [0.1, 0.15) is 0 Å². The minimum atomic E-state index is -1.48. The Hall–Kier alpha value is -0.650. The quantitative estimate of drug-likeness (QED) is 0.529. The molecular weight excluding hydrogens is 198 g/mol. The van der Waals surface area contributed by atoms with Crippen LogP contribution in [0, 0.1) is 5.92 Å². The normalized spacial score (nSPS) is 29.1. The Morgan fingerprint density at radius 3 is 2.67 bits per heavy atom. The van der Waals surface area contributed by atoms with Crippen LogP contribution in [-0.4, -0.2) is 48.1 Å². The van der Waals surface area contributed by atoms with Crippen LogP contribution in [0.3, 0.4) is 0 Å². The lowest BCUT2D eigenvalue weighted by Gasteiger charge is -2.32. The van der Waals surface area contributed by atoms with E-state index in [1.807, 2.05) is 0 Å². The maximum Gasteiger partial charge on any atom is 0.338 e. The van der Waals surface area contributed by atoms with Gasteiger partial charge >= 0.3 is 5.97 Å². The first-order valence-electron chi connectivity index (χ1n) is 5.15. The number of hydrogen-bond donors (Lipinski definition) is 3. The van der Waals surface area contributed by atoms with E-state index in [1.165, 1.54) is 14.0 Å². The summed E-state index contributed by atoms with van der Waals surface area (Å²) in [7, 11) is 1.25. The van der Waals surface area contributed by atoms with Crippen molar-refractivity contribution in [2.45, 2.75) is 31.5 Å². The predicted molar refractivity (Wildman–Crippen MR) is 54.2 cm³/mol. The van der Waals surface area contributed by atoms with E-state index in [1.54, 1.807) is 0 Å². The molecule has 1 unspecified atom stereocenters. The molecule has 1 saturated carbocycles. The minimum absolute atomic E-state index is 0.169. The van der Waals surface area contributed by atoms with Crippen molar-refractivity contribution in [2.75, 3.05) is 20.2 Å². The van der Waals surface area contributed by atoms with Crippen LogP contribution < -0.4 is 5.32 Å². The van der Waals surface area contributed by atoms with Gasteiger partial charge in [0.05, 0.1) is 13.2 Å². The standard InChI is InChI=1S/C10H19NO4/c1-10(14,9(13)15-2)6-11-5-7-3-8(12)4-7/h7-8,11-12,14H,3-6H2,1-2H3. The summed E-state index contributed by atoms with van der Waals surface area (Å²) < 4.78 is 4.46. The third-order valence-corrected chi connectivity index (χ3v) is 2.74. The summed E-state index contributed by atoms with van der Waals surface area (Å²) in [6, 6.07) is 0. The summed E-state index contributed by atoms with van der Waals surface area (Å²) in [5.41, 5.74) is -1.48. The van der Waals surface area contributed by atoms with Crippen molar-refractivity contribution in [1.29, 1.82) is 0 Å². The van der Waals surface area contributed by atoms with Crippen LogP contribution in [0.1, 0.15) is 19.8 Å². The number of aliphatic hydroxyl groups is 2. The van der Waals surface area contributed by atoms with Crippen LogP contribution in [0.2, 0.25) is 0 Å². The first-order chi connectivity index (χ1) is 6.95. The third-order valence-electron chi connectivity index (χ3n) is 2.74. The number of aliphatic hydroxyl groups excluding tert-OH is 1. The minimum Gasteiger partial charge on any atom is -0.467 e. The second-order valence-corrected chi connectivity index (χ2v) is 4.39. The zero-order chi connectivity index (χ0) is 11.5. The molecule has 0 heterocycles. The number of hydrogen-bond acceptors (Lipinski definition) is 5. The lowest BCUT2D eigenvalue weighted by molar-refractivity contribution is -0.160. The fourth-order valence-electron chi connectivity index (χ4n) is 1.68.